The first-order valence-corrected chi connectivity index (χ1v) is 10.6. The summed E-state index contributed by atoms with van der Waals surface area (Å²) in [5.74, 6) is -0.579. The molecule has 0 saturated carbocycles. The standard InChI is InChI=1S/C24H22N4O5/c29-23(30)17-7-5-16(6-8-17)11-27-12-18-13-28(10-9-19(18)25-15-27)24(31)32-14-22-26-20-3-1-2-4-21(20)33-22/h1-8,15H,9-14H2,(H,29,30). The van der Waals surface area contributed by atoms with Crippen molar-refractivity contribution in [2.24, 2.45) is 4.99 Å². The normalized spacial score (nSPS) is 15.6. The SMILES string of the molecule is O=C(O)c1ccc(CN2C=NC3=C(C2)CN(C(=O)OCc2nc4ccccc4o2)CC3)cc1. The van der Waals surface area contributed by atoms with Crippen molar-refractivity contribution in [3.05, 3.63) is 76.8 Å². The molecule has 33 heavy (non-hydrogen) atoms. The van der Waals surface area contributed by atoms with Gasteiger partial charge in [0.1, 0.15) is 5.52 Å². The second-order valence-corrected chi connectivity index (χ2v) is 8.00. The summed E-state index contributed by atoms with van der Waals surface area (Å²) in [6, 6.07) is 14.2. The first-order chi connectivity index (χ1) is 16.0. The van der Waals surface area contributed by atoms with Gasteiger partial charge in [-0.15, -0.1) is 0 Å². The number of carbonyl (C=O) groups excluding carboxylic acids is 1. The van der Waals surface area contributed by atoms with Crippen molar-refractivity contribution in [2.45, 2.75) is 19.6 Å². The molecule has 0 saturated heterocycles. The lowest BCUT2D eigenvalue weighted by atomic mass is 10.0. The molecule has 1 aromatic heterocycles. The average Bonchev–Trinajstić information content (AvgIpc) is 3.25. The van der Waals surface area contributed by atoms with Crippen LogP contribution >= 0.6 is 0 Å². The maximum Gasteiger partial charge on any atom is 0.410 e. The number of fused-ring (bicyclic) bond motifs is 1. The van der Waals surface area contributed by atoms with Crippen molar-refractivity contribution in [2.75, 3.05) is 19.6 Å². The fourth-order valence-electron chi connectivity index (χ4n) is 3.99. The summed E-state index contributed by atoms with van der Waals surface area (Å²) in [6.07, 6.45) is 2.07. The first kappa shape index (κ1) is 20.7. The fraction of sp³-hybridized carbons (Fsp3) is 0.250. The van der Waals surface area contributed by atoms with E-state index in [0.29, 0.717) is 44.1 Å². The number of hydrogen-bond donors (Lipinski definition) is 1. The van der Waals surface area contributed by atoms with Crippen LogP contribution in [0.1, 0.15) is 28.2 Å². The lowest BCUT2D eigenvalue weighted by molar-refractivity contribution is 0.0696. The summed E-state index contributed by atoms with van der Waals surface area (Å²) >= 11 is 0. The van der Waals surface area contributed by atoms with Crippen LogP contribution in [0.3, 0.4) is 0 Å². The molecule has 0 aliphatic carbocycles. The van der Waals surface area contributed by atoms with Gasteiger partial charge in [0.05, 0.1) is 11.9 Å². The second-order valence-electron chi connectivity index (χ2n) is 8.00. The van der Waals surface area contributed by atoms with Gasteiger partial charge in [0, 0.05) is 38.3 Å². The van der Waals surface area contributed by atoms with E-state index in [0.717, 1.165) is 22.4 Å². The van der Waals surface area contributed by atoms with Crippen LogP contribution in [-0.2, 0) is 17.9 Å². The molecule has 0 fully saturated rings. The van der Waals surface area contributed by atoms with E-state index in [2.05, 4.69) is 9.98 Å². The van der Waals surface area contributed by atoms with Crippen LogP contribution in [0.15, 0.2) is 69.2 Å². The highest BCUT2D eigenvalue weighted by molar-refractivity contribution is 5.87. The topological polar surface area (TPSA) is 108 Å². The third-order valence-electron chi connectivity index (χ3n) is 5.68. The number of carboxylic acid groups (broad SMARTS) is 1. The largest absolute Gasteiger partial charge is 0.478 e. The number of carbonyl (C=O) groups is 2. The molecule has 3 aromatic rings. The second kappa shape index (κ2) is 8.78. The molecule has 0 unspecified atom stereocenters. The quantitative estimate of drug-likeness (QED) is 0.637. The molecule has 3 heterocycles. The summed E-state index contributed by atoms with van der Waals surface area (Å²) in [6.45, 7) is 2.22. The van der Waals surface area contributed by atoms with E-state index in [4.69, 9.17) is 14.3 Å². The van der Waals surface area contributed by atoms with Crippen LogP contribution < -0.4 is 0 Å². The maximum absolute atomic E-state index is 12.6. The number of aromatic nitrogens is 1. The number of para-hydroxylation sites is 2. The molecule has 168 valence electrons. The van der Waals surface area contributed by atoms with Crippen LogP contribution in [0.4, 0.5) is 4.79 Å². The highest BCUT2D eigenvalue weighted by Crippen LogP contribution is 2.24. The number of hydrogen-bond acceptors (Lipinski definition) is 7. The van der Waals surface area contributed by atoms with Gasteiger partial charge in [-0.3, -0.25) is 0 Å². The Labute approximate surface area is 189 Å². The monoisotopic (exact) mass is 446 g/mol. The van der Waals surface area contributed by atoms with Crippen molar-refractivity contribution in [3.63, 3.8) is 0 Å². The lowest BCUT2D eigenvalue weighted by Gasteiger charge is -2.34. The van der Waals surface area contributed by atoms with Crippen molar-refractivity contribution in [1.29, 1.82) is 0 Å². The number of aromatic carboxylic acids is 1. The molecule has 9 heteroatoms. The Hall–Kier alpha value is -4.14. The molecule has 2 aliphatic heterocycles. The zero-order valence-corrected chi connectivity index (χ0v) is 17.8. The van der Waals surface area contributed by atoms with E-state index in [-0.39, 0.29) is 12.2 Å². The Bertz CT molecular complexity index is 1230. The zero-order chi connectivity index (χ0) is 22.8. The summed E-state index contributed by atoms with van der Waals surface area (Å²) in [5, 5.41) is 9.04. The van der Waals surface area contributed by atoms with E-state index < -0.39 is 12.1 Å². The van der Waals surface area contributed by atoms with E-state index in [1.54, 1.807) is 29.2 Å². The number of ether oxygens (including phenoxy) is 1. The first-order valence-electron chi connectivity index (χ1n) is 10.6. The average molecular weight is 446 g/mol. The number of oxazole rings is 1. The third-order valence-corrected chi connectivity index (χ3v) is 5.68. The van der Waals surface area contributed by atoms with E-state index >= 15 is 0 Å². The number of nitrogens with zero attached hydrogens (tertiary/aromatic N) is 4. The van der Waals surface area contributed by atoms with Crippen LogP contribution in [0.25, 0.3) is 11.1 Å². The van der Waals surface area contributed by atoms with Crippen LogP contribution in [0.2, 0.25) is 0 Å². The molecule has 0 radical (unpaired) electrons. The van der Waals surface area contributed by atoms with Gasteiger partial charge >= 0.3 is 12.1 Å². The fourth-order valence-corrected chi connectivity index (χ4v) is 3.99. The molecule has 0 bridgehead atoms. The van der Waals surface area contributed by atoms with Gasteiger partial charge < -0.3 is 24.1 Å². The van der Waals surface area contributed by atoms with Gasteiger partial charge in [0.2, 0.25) is 5.89 Å². The Balaban J connectivity index is 1.17. The minimum Gasteiger partial charge on any atom is -0.478 e. The zero-order valence-electron chi connectivity index (χ0n) is 17.8. The van der Waals surface area contributed by atoms with Gasteiger partial charge in [-0.05, 0) is 35.4 Å². The summed E-state index contributed by atoms with van der Waals surface area (Å²) in [4.78, 5) is 36.3. The highest BCUT2D eigenvalue weighted by Gasteiger charge is 2.27. The Kier molecular flexibility index (Phi) is 5.52. The minimum atomic E-state index is -0.943. The molecule has 0 spiro atoms. The molecule has 0 atom stereocenters. The summed E-state index contributed by atoms with van der Waals surface area (Å²) < 4.78 is 11.0. The predicted octanol–water partition coefficient (Wildman–Crippen LogP) is 3.67. The molecule has 5 rings (SSSR count). The molecule has 2 aliphatic rings. The van der Waals surface area contributed by atoms with Crippen molar-refractivity contribution < 1.29 is 23.8 Å². The number of carboxylic acids is 1. The third kappa shape index (κ3) is 4.57. The van der Waals surface area contributed by atoms with Crippen molar-refractivity contribution in [3.8, 4) is 0 Å². The van der Waals surface area contributed by atoms with E-state index in [9.17, 15) is 9.59 Å². The van der Waals surface area contributed by atoms with Gasteiger partial charge in [-0.1, -0.05) is 24.3 Å². The van der Waals surface area contributed by atoms with Crippen LogP contribution in [0, 0.1) is 0 Å². The van der Waals surface area contributed by atoms with E-state index in [1.165, 1.54) is 0 Å². The Morgan fingerprint density at radius 2 is 1.91 bits per heavy atom. The molecule has 1 amide bonds. The van der Waals surface area contributed by atoms with E-state index in [1.807, 2.05) is 35.5 Å². The molecular formula is C24H22N4O5. The number of benzene rings is 2. The number of rotatable bonds is 5. The summed E-state index contributed by atoms with van der Waals surface area (Å²) in [7, 11) is 0. The predicted molar refractivity (Wildman–Crippen MR) is 120 cm³/mol. The molecule has 2 aromatic carbocycles. The Morgan fingerprint density at radius 3 is 2.70 bits per heavy atom. The van der Waals surface area contributed by atoms with Crippen LogP contribution in [-0.4, -0.2) is 57.9 Å². The van der Waals surface area contributed by atoms with Gasteiger partial charge in [-0.25, -0.2) is 19.6 Å². The molecule has 1 N–H and O–H groups in total. The Morgan fingerprint density at radius 1 is 1.09 bits per heavy atom. The highest BCUT2D eigenvalue weighted by atomic mass is 16.6. The number of amides is 1. The van der Waals surface area contributed by atoms with Crippen molar-refractivity contribution in [1.82, 2.24) is 14.8 Å². The van der Waals surface area contributed by atoms with Crippen molar-refractivity contribution >= 4 is 29.5 Å². The van der Waals surface area contributed by atoms with Gasteiger partial charge in [-0.2, -0.15) is 0 Å². The smallest absolute Gasteiger partial charge is 0.410 e. The maximum atomic E-state index is 12.6. The molecule has 9 nitrogen and oxygen atoms in total. The van der Waals surface area contributed by atoms with Crippen LogP contribution in [0.5, 0.6) is 0 Å². The molecular weight excluding hydrogens is 424 g/mol. The number of aliphatic imine (C=N–C) groups is 1. The minimum absolute atomic E-state index is 0.0213. The van der Waals surface area contributed by atoms with Gasteiger partial charge in [0.25, 0.3) is 0 Å². The lowest BCUT2D eigenvalue weighted by Crippen LogP contribution is -2.41. The summed E-state index contributed by atoms with van der Waals surface area (Å²) in [5.41, 5.74) is 4.72. The van der Waals surface area contributed by atoms with Gasteiger partial charge in [0.15, 0.2) is 12.2 Å².